The van der Waals surface area contributed by atoms with Crippen LogP contribution in [0.1, 0.15) is 63.0 Å². The molecule has 1 saturated carbocycles. The van der Waals surface area contributed by atoms with Gasteiger partial charge in [0.05, 0.1) is 6.10 Å². The monoisotopic (exact) mass is 378 g/mol. The topological polar surface area (TPSA) is 66.6 Å². The van der Waals surface area contributed by atoms with E-state index in [1.807, 2.05) is 29.2 Å². The van der Waals surface area contributed by atoms with Crippen molar-refractivity contribution in [1.82, 2.24) is 4.90 Å². The number of aliphatic hydroxyl groups is 1. The van der Waals surface area contributed by atoms with Crippen LogP contribution in [0, 0.1) is 11.3 Å². The van der Waals surface area contributed by atoms with Gasteiger partial charge in [-0.05, 0) is 61.3 Å². The van der Waals surface area contributed by atoms with E-state index in [2.05, 4.69) is 0 Å². The first kappa shape index (κ1) is 19.7. The van der Waals surface area contributed by atoms with Crippen molar-refractivity contribution in [2.24, 2.45) is 17.1 Å². The fourth-order valence-electron chi connectivity index (χ4n) is 4.58. The number of nitrogens with zero attached hydrogens (tertiary/aromatic N) is 1. The van der Waals surface area contributed by atoms with Gasteiger partial charge in [0.15, 0.2) is 0 Å². The van der Waals surface area contributed by atoms with E-state index in [0.29, 0.717) is 18.0 Å². The Balaban J connectivity index is 1.52. The van der Waals surface area contributed by atoms with Crippen LogP contribution in [0.2, 0.25) is 5.02 Å². The zero-order valence-electron chi connectivity index (χ0n) is 15.5. The lowest BCUT2D eigenvalue weighted by Crippen LogP contribution is -2.44. The van der Waals surface area contributed by atoms with E-state index < -0.39 is 6.10 Å². The highest BCUT2D eigenvalue weighted by Gasteiger charge is 2.36. The van der Waals surface area contributed by atoms with Crippen molar-refractivity contribution in [3.05, 3.63) is 34.9 Å². The smallest absolute Gasteiger partial charge is 0.223 e. The Hall–Kier alpha value is -1.10. The van der Waals surface area contributed by atoms with Crippen LogP contribution < -0.4 is 5.73 Å². The second-order valence-electron chi connectivity index (χ2n) is 8.16. The summed E-state index contributed by atoms with van der Waals surface area (Å²) >= 11 is 5.92. The van der Waals surface area contributed by atoms with Gasteiger partial charge >= 0.3 is 0 Å². The van der Waals surface area contributed by atoms with Gasteiger partial charge in [-0.2, -0.15) is 0 Å². The van der Waals surface area contributed by atoms with Crippen LogP contribution in [0.15, 0.2) is 24.3 Å². The molecule has 4 nitrogen and oxygen atoms in total. The molecule has 1 heterocycles. The van der Waals surface area contributed by atoms with E-state index in [-0.39, 0.29) is 17.2 Å². The van der Waals surface area contributed by atoms with Crippen molar-refractivity contribution in [3.8, 4) is 0 Å². The number of amides is 1. The van der Waals surface area contributed by atoms with Crippen molar-refractivity contribution >= 4 is 17.5 Å². The predicted octanol–water partition coefficient (Wildman–Crippen LogP) is 3.91. The molecule has 144 valence electrons. The van der Waals surface area contributed by atoms with Crippen molar-refractivity contribution < 1.29 is 9.90 Å². The Morgan fingerprint density at radius 2 is 1.81 bits per heavy atom. The quantitative estimate of drug-likeness (QED) is 0.816. The van der Waals surface area contributed by atoms with Crippen molar-refractivity contribution in [2.75, 3.05) is 19.6 Å². The Labute approximate surface area is 161 Å². The maximum atomic E-state index is 12.8. The number of rotatable bonds is 5. The summed E-state index contributed by atoms with van der Waals surface area (Å²) in [5, 5.41) is 11.3. The molecule has 1 aliphatic heterocycles. The average Bonchev–Trinajstić information content (AvgIpc) is 2.69. The van der Waals surface area contributed by atoms with E-state index in [1.165, 1.54) is 19.3 Å². The van der Waals surface area contributed by atoms with Gasteiger partial charge in [-0.15, -0.1) is 0 Å². The molecule has 1 amide bonds. The van der Waals surface area contributed by atoms with Gasteiger partial charge in [-0.1, -0.05) is 43.0 Å². The molecule has 0 radical (unpaired) electrons. The molecule has 1 aromatic carbocycles. The lowest BCUT2D eigenvalue weighted by atomic mass is 9.71. The van der Waals surface area contributed by atoms with Crippen LogP contribution in [0.25, 0.3) is 0 Å². The van der Waals surface area contributed by atoms with Gasteiger partial charge in [0, 0.05) is 24.5 Å². The second kappa shape index (κ2) is 8.73. The molecule has 0 spiro atoms. The van der Waals surface area contributed by atoms with Crippen LogP contribution in [0.4, 0.5) is 0 Å². The molecule has 3 rings (SSSR count). The van der Waals surface area contributed by atoms with Crippen LogP contribution in [0.5, 0.6) is 0 Å². The van der Waals surface area contributed by atoms with Gasteiger partial charge in [0.25, 0.3) is 0 Å². The first-order valence-corrected chi connectivity index (χ1v) is 10.3. The summed E-state index contributed by atoms with van der Waals surface area (Å²) in [6.07, 6.45) is 7.61. The normalized spacial score (nSPS) is 22.2. The molecule has 26 heavy (non-hydrogen) atoms. The molecular weight excluding hydrogens is 348 g/mol. The summed E-state index contributed by atoms with van der Waals surface area (Å²) < 4.78 is 0. The van der Waals surface area contributed by atoms with Crippen LogP contribution in [0.3, 0.4) is 0 Å². The number of nitrogens with two attached hydrogens (primary N) is 1. The largest absolute Gasteiger partial charge is 0.388 e. The lowest BCUT2D eigenvalue weighted by molar-refractivity contribution is -0.136. The van der Waals surface area contributed by atoms with E-state index in [1.54, 1.807) is 0 Å². The van der Waals surface area contributed by atoms with E-state index in [9.17, 15) is 9.90 Å². The standard InChI is InChI=1S/C21H31ClN2O2/c22-18-6-4-16(5-7-18)20(26)17-8-12-24(13-9-17)19(25)14-21(15-23)10-2-1-3-11-21/h4-7,17,20,26H,1-3,8-15,23H2. The molecule has 0 bridgehead atoms. The van der Waals surface area contributed by atoms with E-state index >= 15 is 0 Å². The van der Waals surface area contributed by atoms with Gasteiger partial charge in [-0.3, -0.25) is 4.79 Å². The zero-order chi connectivity index (χ0) is 18.6. The van der Waals surface area contributed by atoms with Crippen LogP contribution in [-0.4, -0.2) is 35.5 Å². The zero-order valence-corrected chi connectivity index (χ0v) is 16.3. The summed E-state index contributed by atoms with van der Waals surface area (Å²) in [6, 6.07) is 7.40. The molecular formula is C21H31ClN2O2. The Bertz CT molecular complexity index is 591. The Morgan fingerprint density at radius 3 is 2.38 bits per heavy atom. The molecule has 2 fully saturated rings. The predicted molar refractivity (Wildman–Crippen MR) is 105 cm³/mol. The third-order valence-corrected chi connectivity index (χ3v) is 6.68. The molecule has 0 aromatic heterocycles. The van der Waals surface area contributed by atoms with Crippen molar-refractivity contribution in [1.29, 1.82) is 0 Å². The van der Waals surface area contributed by atoms with Crippen molar-refractivity contribution in [3.63, 3.8) is 0 Å². The molecule has 1 unspecified atom stereocenters. The third kappa shape index (κ3) is 4.59. The highest BCUT2D eigenvalue weighted by molar-refractivity contribution is 6.30. The molecule has 3 N–H and O–H groups in total. The number of halogens is 1. The van der Waals surface area contributed by atoms with Gasteiger partial charge in [0.2, 0.25) is 5.91 Å². The third-order valence-electron chi connectivity index (χ3n) is 6.42. The molecule has 1 saturated heterocycles. The van der Waals surface area contributed by atoms with Crippen molar-refractivity contribution in [2.45, 2.75) is 57.5 Å². The fraction of sp³-hybridized carbons (Fsp3) is 0.667. The Morgan fingerprint density at radius 1 is 1.19 bits per heavy atom. The number of hydrogen-bond acceptors (Lipinski definition) is 3. The highest BCUT2D eigenvalue weighted by atomic mass is 35.5. The SMILES string of the molecule is NCC1(CC(=O)N2CCC(C(O)c3ccc(Cl)cc3)CC2)CCCCC1. The summed E-state index contributed by atoms with van der Waals surface area (Å²) in [7, 11) is 0. The number of piperidine rings is 1. The number of benzene rings is 1. The van der Waals surface area contributed by atoms with E-state index in [0.717, 1.165) is 44.3 Å². The average molecular weight is 379 g/mol. The molecule has 1 aromatic rings. The fourth-order valence-corrected chi connectivity index (χ4v) is 4.71. The maximum Gasteiger partial charge on any atom is 0.223 e. The van der Waals surface area contributed by atoms with Gasteiger partial charge < -0.3 is 15.7 Å². The minimum absolute atomic E-state index is 0.0228. The first-order valence-electron chi connectivity index (χ1n) is 9.94. The maximum absolute atomic E-state index is 12.8. The molecule has 1 atom stereocenters. The van der Waals surface area contributed by atoms with Gasteiger partial charge in [0.1, 0.15) is 0 Å². The number of hydrogen-bond donors (Lipinski definition) is 2. The summed E-state index contributed by atoms with van der Waals surface area (Å²) in [4.78, 5) is 14.8. The molecule has 2 aliphatic rings. The Kier molecular flexibility index (Phi) is 6.60. The highest BCUT2D eigenvalue weighted by Crippen LogP contribution is 2.39. The first-order chi connectivity index (χ1) is 12.5. The summed E-state index contributed by atoms with van der Waals surface area (Å²) in [6.45, 7) is 2.08. The minimum Gasteiger partial charge on any atom is -0.388 e. The second-order valence-corrected chi connectivity index (χ2v) is 8.59. The summed E-state index contributed by atoms with van der Waals surface area (Å²) in [5.41, 5.74) is 6.97. The number of carbonyl (C=O) groups excluding carboxylic acids is 1. The minimum atomic E-state index is -0.488. The van der Waals surface area contributed by atoms with Crippen LogP contribution >= 0.6 is 11.6 Å². The van der Waals surface area contributed by atoms with E-state index in [4.69, 9.17) is 17.3 Å². The van der Waals surface area contributed by atoms with Gasteiger partial charge in [-0.25, -0.2) is 0 Å². The number of likely N-dealkylation sites (tertiary alicyclic amines) is 1. The summed E-state index contributed by atoms with van der Waals surface area (Å²) in [5.74, 6) is 0.440. The number of aliphatic hydroxyl groups excluding tert-OH is 1. The van der Waals surface area contributed by atoms with Crippen LogP contribution in [-0.2, 0) is 4.79 Å². The number of carbonyl (C=O) groups is 1. The molecule has 1 aliphatic carbocycles. The lowest BCUT2D eigenvalue weighted by Gasteiger charge is -2.39. The molecule has 5 heteroatoms.